The number of fused-ring (bicyclic) bond motifs is 1. The topological polar surface area (TPSA) is 20.3 Å². The third-order valence-corrected chi connectivity index (χ3v) is 3.93. The van der Waals surface area contributed by atoms with Crippen molar-refractivity contribution >= 4 is 5.91 Å². The Kier molecular flexibility index (Phi) is 6.25. The fourth-order valence-electron chi connectivity index (χ4n) is 2.67. The zero-order valence-electron chi connectivity index (χ0n) is 13.8. The molecule has 0 aliphatic carbocycles. The lowest BCUT2D eigenvalue weighted by Crippen LogP contribution is -2.40. The third kappa shape index (κ3) is 3.62. The van der Waals surface area contributed by atoms with Crippen LogP contribution in [0.15, 0.2) is 24.3 Å². The molecule has 2 nitrogen and oxygen atoms in total. The van der Waals surface area contributed by atoms with Crippen LogP contribution in [0.1, 0.15) is 52.7 Å². The van der Waals surface area contributed by atoms with Gasteiger partial charge in [0, 0.05) is 18.5 Å². The van der Waals surface area contributed by atoms with E-state index in [-0.39, 0.29) is 12.0 Å². The molecule has 0 aromatic heterocycles. The molecule has 1 aromatic carbocycles. The standard InChI is InChI=1S/C16H23NO.C2H6/c1-11(2)15-9-13-7-5-6-8-14(13)10-17(12(3)4)16(15)18;1-2/h5-8,11-12,15H,9-10H2,1-4H3;1-2H3. The van der Waals surface area contributed by atoms with Crippen molar-refractivity contribution in [3.63, 3.8) is 0 Å². The van der Waals surface area contributed by atoms with Gasteiger partial charge in [0.05, 0.1) is 0 Å². The van der Waals surface area contributed by atoms with Crippen LogP contribution in [0.2, 0.25) is 0 Å². The van der Waals surface area contributed by atoms with Gasteiger partial charge in [0.1, 0.15) is 0 Å². The van der Waals surface area contributed by atoms with E-state index < -0.39 is 0 Å². The van der Waals surface area contributed by atoms with Crippen molar-refractivity contribution in [3.05, 3.63) is 35.4 Å². The Bertz CT molecular complexity index is 398. The lowest BCUT2D eigenvalue weighted by atomic mass is 9.88. The lowest BCUT2D eigenvalue weighted by Gasteiger charge is -2.29. The molecule has 1 unspecified atom stereocenters. The Morgan fingerprint density at radius 2 is 1.60 bits per heavy atom. The predicted molar refractivity (Wildman–Crippen MR) is 85.5 cm³/mol. The molecule has 1 aliphatic heterocycles. The van der Waals surface area contributed by atoms with Gasteiger partial charge in [0.2, 0.25) is 5.91 Å². The first-order valence-electron chi connectivity index (χ1n) is 7.88. The first kappa shape index (κ1) is 16.7. The summed E-state index contributed by atoms with van der Waals surface area (Å²) in [4.78, 5) is 14.6. The van der Waals surface area contributed by atoms with E-state index in [1.165, 1.54) is 11.1 Å². The van der Waals surface area contributed by atoms with Gasteiger partial charge in [-0.25, -0.2) is 0 Å². The van der Waals surface area contributed by atoms with Gasteiger partial charge in [-0.05, 0) is 37.3 Å². The Morgan fingerprint density at radius 3 is 2.10 bits per heavy atom. The highest BCUT2D eigenvalue weighted by Gasteiger charge is 2.32. The second kappa shape index (κ2) is 7.47. The van der Waals surface area contributed by atoms with E-state index in [2.05, 4.69) is 52.0 Å². The molecule has 1 amide bonds. The zero-order valence-corrected chi connectivity index (χ0v) is 13.8. The molecule has 1 atom stereocenters. The molecule has 0 bridgehead atoms. The van der Waals surface area contributed by atoms with E-state index in [9.17, 15) is 4.79 Å². The minimum Gasteiger partial charge on any atom is -0.336 e. The number of nitrogens with zero attached hydrogens (tertiary/aromatic N) is 1. The Morgan fingerprint density at radius 1 is 1.05 bits per heavy atom. The van der Waals surface area contributed by atoms with Crippen LogP contribution in [-0.4, -0.2) is 16.8 Å². The predicted octanol–water partition coefficient (Wildman–Crippen LogP) is 4.28. The van der Waals surface area contributed by atoms with Crippen molar-refractivity contribution in [2.75, 3.05) is 0 Å². The SMILES string of the molecule is CC.CC(C)C1Cc2ccccc2CN(C(C)C)C1=O. The second-order valence-electron chi connectivity index (χ2n) is 5.88. The van der Waals surface area contributed by atoms with E-state index in [1.807, 2.05) is 18.7 Å². The summed E-state index contributed by atoms with van der Waals surface area (Å²) in [5.74, 6) is 0.831. The molecule has 1 aliphatic rings. The minimum atomic E-state index is 0.121. The maximum atomic E-state index is 12.6. The molecule has 0 saturated heterocycles. The van der Waals surface area contributed by atoms with E-state index in [0.29, 0.717) is 11.8 Å². The summed E-state index contributed by atoms with van der Waals surface area (Å²) >= 11 is 0. The molecular weight excluding hydrogens is 246 g/mol. The van der Waals surface area contributed by atoms with E-state index in [4.69, 9.17) is 0 Å². The highest BCUT2D eigenvalue weighted by Crippen LogP contribution is 2.28. The van der Waals surface area contributed by atoms with Crippen molar-refractivity contribution in [2.45, 2.75) is 60.5 Å². The second-order valence-corrected chi connectivity index (χ2v) is 5.88. The van der Waals surface area contributed by atoms with E-state index in [1.54, 1.807) is 0 Å². The summed E-state index contributed by atoms with van der Waals surface area (Å²) in [5.41, 5.74) is 2.65. The number of carbonyl (C=O) groups is 1. The van der Waals surface area contributed by atoms with Gasteiger partial charge in [-0.2, -0.15) is 0 Å². The quantitative estimate of drug-likeness (QED) is 0.789. The van der Waals surface area contributed by atoms with E-state index in [0.717, 1.165) is 13.0 Å². The van der Waals surface area contributed by atoms with Gasteiger partial charge in [-0.3, -0.25) is 4.79 Å². The average Bonchev–Trinajstić information content (AvgIpc) is 2.58. The van der Waals surface area contributed by atoms with Crippen LogP contribution >= 0.6 is 0 Å². The number of amides is 1. The molecule has 0 spiro atoms. The average molecular weight is 275 g/mol. The number of carbonyl (C=O) groups excluding carboxylic acids is 1. The first-order valence-corrected chi connectivity index (χ1v) is 7.88. The summed E-state index contributed by atoms with van der Waals surface area (Å²) in [5, 5.41) is 0. The highest BCUT2D eigenvalue weighted by molar-refractivity contribution is 5.80. The maximum Gasteiger partial charge on any atom is 0.226 e. The number of rotatable bonds is 2. The van der Waals surface area contributed by atoms with Crippen molar-refractivity contribution in [2.24, 2.45) is 11.8 Å². The van der Waals surface area contributed by atoms with Gasteiger partial charge in [0.25, 0.3) is 0 Å². The normalized spacial score (nSPS) is 18.5. The molecule has 0 radical (unpaired) electrons. The van der Waals surface area contributed by atoms with Crippen LogP contribution in [0.5, 0.6) is 0 Å². The smallest absolute Gasteiger partial charge is 0.226 e. The number of hydrogen-bond donors (Lipinski definition) is 0. The van der Waals surface area contributed by atoms with Crippen LogP contribution in [0.3, 0.4) is 0 Å². The van der Waals surface area contributed by atoms with Gasteiger partial charge in [0.15, 0.2) is 0 Å². The van der Waals surface area contributed by atoms with Crippen molar-refractivity contribution in [1.82, 2.24) is 4.90 Å². The molecule has 1 heterocycles. The van der Waals surface area contributed by atoms with Gasteiger partial charge < -0.3 is 4.90 Å². The fraction of sp³-hybridized carbons (Fsp3) is 0.611. The van der Waals surface area contributed by atoms with Crippen LogP contribution < -0.4 is 0 Å². The molecule has 20 heavy (non-hydrogen) atoms. The zero-order chi connectivity index (χ0) is 15.3. The number of hydrogen-bond acceptors (Lipinski definition) is 1. The summed E-state index contributed by atoms with van der Waals surface area (Å²) in [6.07, 6.45) is 0.885. The summed E-state index contributed by atoms with van der Waals surface area (Å²) < 4.78 is 0. The Hall–Kier alpha value is -1.31. The third-order valence-electron chi connectivity index (χ3n) is 3.93. The molecule has 0 saturated carbocycles. The maximum absolute atomic E-state index is 12.6. The molecule has 2 rings (SSSR count). The Balaban J connectivity index is 0.000000956. The van der Waals surface area contributed by atoms with Crippen LogP contribution in [0.25, 0.3) is 0 Å². The molecule has 0 N–H and O–H groups in total. The van der Waals surface area contributed by atoms with Crippen molar-refractivity contribution in [1.29, 1.82) is 0 Å². The number of benzene rings is 1. The fourth-order valence-corrected chi connectivity index (χ4v) is 2.67. The van der Waals surface area contributed by atoms with Gasteiger partial charge >= 0.3 is 0 Å². The first-order chi connectivity index (χ1) is 9.50. The van der Waals surface area contributed by atoms with E-state index >= 15 is 0 Å². The van der Waals surface area contributed by atoms with Crippen molar-refractivity contribution in [3.8, 4) is 0 Å². The van der Waals surface area contributed by atoms with Gasteiger partial charge in [-0.1, -0.05) is 52.0 Å². The highest BCUT2D eigenvalue weighted by atomic mass is 16.2. The molecule has 1 aromatic rings. The molecule has 0 fully saturated rings. The summed E-state index contributed by atoms with van der Waals surface area (Å²) in [6, 6.07) is 8.73. The summed E-state index contributed by atoms with van der Waals surface area (Å²) in [6.45, 7) is 13.3. The van der Waals surface area contributed by atoms with Crippen LogP contribution in [-0.2, 0) is 17.8 Å². The molecular formula is C18H29NO. The minimum absolute atomic E-state index is 0.121. The summed E-state index contributed by atoms with van der Waals surface area (Å²) in [7, 11) is 0. The Labute approximate surface area is 124 Å². The van der Waals surface area contributed by atoms with Gasteiger partial charge in [-0.15, -0.1) is 0 Å². The molecule has 112 valence electrons. The van der Waals surface area contributed by atoms with Crippen molar-refractivity contribution < 1.29 is 4.79 Å². The lowest BCUT2D eigenvalue weighted by molar-refractivity contribution is -0.138. The van der Waals surface area contributed by atoms with Crippen LogP contribution in [0.4, 0.5) is 0 Å². The monoisotopic (exact) mass is 275 g/mol. The van der Waals surface area contributed by atoms with Crippen LogP contribution in [0, 0.1) is 11.8 Å². The largest absolute Gasteiger partial charge is 0.336 e. The molecule has 2 heteroatoms.